The molecule has 8 rings (SSSR count). The van der Waals surface area contributed by atoms with Crippen molar-refractivity contribution in [3.8, 4) is 79.0 Å². The zero-order valence-electron chi connectivity index (χ0n) is 36.2. The number of rotatable bonds is 11. The van der Waals surface area contributed by atoms with E-state index in [9.17, 15) is 14.7 Å². The number of aromatic hydroxyl groups is 2. The van der Waals surface area contributed by atoms with E-state index in [1.807, 2.05) is 109 Å². The Bertz CT molecular complexity index is 2840. The van der Waals surface area contributed by atoms with Gasteiger partial charge in [-0.05, 0) is 143 Å². The molecule has 0 atom stereocenters. The average molecular weight is 885 g/mol. The van der Waals surface area contributed by atoms with Crippen molar-refractivity contribution in [1.82, 2.24) is 0 Å². The SMILES string of the molecule is C.COc1cccc(-c2cc(N)ccc2OC)c1.COc1cccc(-c2cc(NC(=O)c3ccc(-c4ccc(O)cc4)cc3)ccc2OC)c1.O=C(O)c1ccc(-c2ccc(O)cc2)cc1. The maximum absolute atomic E-state index is 12.8. The number of phenols is 2. The molecule has 66 heavy (non-hydrogen) atoms. The number of carbonyl (C=O) groups excluding carboxylic acids is 1. The Kier molecular flexibility index (Phi) is 16.9. The number of carboxylic acid groups (broad SMARTS) is 1. The Morgan fingerprint density at radius 2 is 0.864 bits per heavy atom. The lowest BCUT2D eigenvalue weighted by atomic mass is 10.0. The van der Waals surface area contributed by atoms with Crippen LogP contribution >= 0.6 is 0 Å². The lowest BCUT2D eigenvalue weighted by Crippen LogP contribution is -2.11. The van der Waals surface area contributed by atoms with E-state index in [1.54, 1.807) is 101 Å². The molecule has 6 N–H and O–H groups in total. The summed E-state index contributed by atoms with van der Waals surface area (Å²) in [4.78, 5) is 23.5. The summed E-state index contributed by atoms with van der Waals surface area (Å²) in [6.07, 6.45) is 0. The zero-order chi connectivity index (χ0) is 46.3. The third kappa shape index (κ3) is 12.7. The van der Waals surface area contributed by atoms with Crippen LogP contribution in [0.25, 0.3) is 44.5 Å². The van der Waals surface area contributed by atoms with E-state index in [0.717, 1.165) is 61.8 Å². The van der Waals surface area contributed by atoms with Crippen LogP contribution in [0.4, 0.5) is 11.4 Å². The van der Waals surface area contributed by atoms with E-state index in [4.69, 9.17) is 34.9 Å². The second-order valence-electron chi connectivity index (χ2n) is 14.3. The Labute approximate surface area is 384 Å². The first-order valence-electron chi connectivity index (χ1n) is 20.2. The largest absolute Gasteiger partial charge is 0.508 e. The number of nitrogens with two attached hydrogens (primary N) is 1. The molecule has 1 amide bonds. The van der Waals surface area contributed by atoms with Gasteiger partial charge in [-0.15, -0.1) is 0 Å². The van der Waals surface area contributed by atoms with Crippen LogP contribution in [0.15, 0.2) is 182 Å². The summed E-state index contributed by atoms with van der Waals surface area (Å²) in [5, 5.41) is 30.3. The van der Waals surface area contributed by atoms with Gasteiger partial charge in [-0.25, -0.2) is 4.79 Å². The molecule has 0 aliphatic heterocycles. The Morgan fingerprint density at radius 1 is 0.455 bits per heavy atom. The molecule has 8 aromatic carbocycles. The number of hydrogen-bond donors (Lipinski definition) is 5. The summed E-state index contributed by atoms with van der Waals surface area (Å²) < 4.78 is 21.4. The first-order valence-corrected chi connectivity index (χ1v) is 20.2. The maximum atomic E-state index is 12.8. The van der Waals surface area contributed by atoms with Crippen molar-refractivity contribution in [3.63, 3.8) is 0 Å². The number of carbonyl (C=O) groups is 2. The molecule has 0 radical (unpaired) electrons. The summed E-state index contributed by atoms with van der Waals surface area (Å²) in [6.45, 7) is 0. The van der Waals surface area contributed by atoms with Gasteiger partial charge >= 0.3 is 5.97 Å². The third-order valence-electron chi connectivity index (χ3n) is 10.1. The molecule has 0 bridgehead atoms. The van der Waals surface area contributed by atoms with Crippen LogP contribution in [0, 0.1) is 0 Å². The van der Waals surface area contributed by atoms with Gasteiger partial charge in [0.05, 0.1) is 34.0 Å². The molecule has 11 heteroatoms. The highest BCUT2D eigenvalue weighted by molar-refractivity contribution is 6.05. The molecule has 336 valence electrons. The summed E-state index contributed by atoms with van der Waals surface area (Å²) in [5.74, 6) is 2.35. The Hall–Kier alpha value is -8.70. The highest BCUT2D eigenvalue weighted by Gasteiger charge is 2.12. The van der Waals surface area contributed by atoms with Gasteiger partial charge in [-0.3, -0.25) is 4.79 Å². The number of benzene rings is 8. The van der Waals surface area contributed by atoms with Gasteiger partial charge in [-0.2, -0.15) is 0 Å². The predicted octanol–water partition coefficient (Wildman–Crippen LogP) is 12.3. The van der Waals surface area contributed by atoms with Crippen molar-refractivity contribution in [2.24, 2.45) is 0 Å². The molecule has 0 fully saturated rings. The molecule has 0 saturated heterocycles. The molecule has 0 saturated carbocycles. The number of aromatic carboxylic acids is 1. The maximum Gasteiger partial charge on any atom is 0.335 e. The van der Waals surface area contributed by atoms with Crippen molar-refractivity contribution in [3.05, 3.63) is 193 Å². The molecule has 0 unspecified atom stereocenters. The minimum atomic E-state index is -0.933. The molecule has 0 spiro atoms. The Balaban J connectivity index is 0.000000203. The zero-order valence-corrected chi connectivity index (χ0v) is 36.2. The number of hydrogen-bond acceptors (Lipinski definition) is 9. The van der Waals surface area contributed by atoms with Gasteiger partial charge in [0, 0.05) is 28.1 Å². The first kappa shape index (κ1) is 48.3. The molecular weight excluding hydrogens is 833 g/mol. The minimum Gasteiger partial charge on any atom is -0.508 e. The monoisotopic (exact) mass is 884 g/mol. The topological polar surface area (TPSA) is 170 Å². The minimum absolute atomic E-state index is 0. The van der Waals surface area contributed by atoms with Gasteiger partial charge in [0.2, 0.25) is 0 Å². The third-order valence-corrected chi connectivity index (χ3v) is 10.1. The van der Waals surface area contributed by atoms with Crippen LogP contribution in [-0.2, 0) is 0 Å². The number of phenolic OH excluding ortho intramolecular Hbond substituents is 2. The van der Waals surface area contributed by atoms with E-state index < -0.39 is 5.97 Å². The standard InChI is InChI=1S/C27H23NO4.C14H15NO2.C13H10O3.CH4/c1-31-24-5-3-4-21(16-24)25-17-22(12-15-26(25)32-2)28-27(30)20-8-6-18(7-9-20)19-10-13-23(29)14-11-19;1-16-12-5-3-4-10(8-12)13-9-11(15)6-7-14(13)17-2;14-12-7-5-10(6-8-12)9-1-3-11(4-2-9)13(15)16;/h3-17,29H,1-2H3,(H,28,30);3-9H,15H2,1-2H3;1-8,14H,(H,15,16);1H4. The first-order chi connectivity index (χ1) is 31.5. The molecular formula is C55H52N2O9. The predicted molar refractivity (Wildman–Crippen MR) is 263 cm³/mol. The number of anilines is 2. The molecule has 0 heterocycles. The Morgan fingerprint density at radius 3 is 1.29 bits per heavy atom. The van der Waals surface area contributed by atoms with Crippen LogP contribution in [0.1, 0.15) is 28.1 Å². The van der Waals surface area contributed by atoms with Crippen molar-refractivity contribution >= 4 is 23.3 Å². The van der Waals surface area contributed by atoms with Crippen LogP contribution in [-0.4, -0.2) is 55.6 Å². The van der Waals surface area contributed by atoms with Crippen molar-refractivity contribution < 1.29 is 43.9 Å². The number of nitrogen functional groups attached to an aromatic ring is 1. The van der Waals surface area contributed by atoms with Crippen LogP contribution in [0.3, 0.4) is 0 Å². The number of ether oxygens (including phenoxy) is 4. The van der Waals surface area contributed by atoms with Gasteiger partial charge in [0.1, 0.15) is 34.5 Å². The van der Waals surface area contributed by atoms with Gasteiger partial charge < -0.3 is 45.3 Å². The van der Waals surface area contributed by atoms with Crippen molar-refractivity contribution in [2.75, 3.05) is 39.5 Å². The fourth-order valence-electron chi connectivity index (χ4n) is 6.67. The highest BCUT2D eigenvalue weighted by Crippen LogP contribution is 2.35. The summed E-state index contributed by atoms with van der Waals surface area (Å²) in [6, 6.07) is 54.2. The van der Waals surface area contributed by atoms with Gasteiger partial charge in [-0.1, -0.05) is 80.2 Å². The number of carboxylic acids is 1. The summed E-state index contributed by atoms with van der Waals surface area (Å²) in [7, 11) is 6.54. The summed E-state index contributed by atoms with van der Waals surface area (Å²) in [5.41, 5.74) is 15.5. The van der Waals surface area contributed by atoms with Crippen LogP contribution < -0.4 is 30.0 Å². The van der Waals surface area contributed by atoms with E-state index in [2.05, 4.69) is 5.32 Å². The second kappa shape index (κ2) is 23.1. The second-order valence-corrected chi connectivity index (χ2v) is 14.3. The molecule has 0 aliphatic rings. The average Bonchev–Trinajstić information content (AvgIpc) is 3.35. The van der Waals surface area contributed by atoms with Crippen molar-refractivity contribution in [2.45, 2.75) is 7.43 Å². The normalized spacial score (nSPS) is 10.1. The van der Waals surface area contributed by atoms with Crippen molar-refractivity contribution in [1.29, 1.82) is 0 Å². The highest BCUT2D eigenvalue weighted by atomic mass is 16.5. The number of nitrogens with one attached hydrogen (secondary N) is 1. The van der Waals surface area contributed by atoms with E-state index in [1.165, 1.54) is 0 Å². The van der Waals surface area contributed by atoms with E-state index in [0.29, 0.717) is 22.7 Å². The van der Waals surface area contributed by atoms with E-state index >= 15 is 0 Å². The van der Waals surface area contributed by atoms with Gasteiger partial charge in [0.25, 0.3) is 5.91 Å². The quantitative estimate of drug-likeness (QED) is 0.0788. The molecule has 0 aromatic heterocycles. The molecule has 11 nitrogen and oxygen atoms in total. The number of amides is 1. The van der Waals surface area contributed by atoms with E-state index in [-0.39, 0.29) is 30.4 Å². The van der Waals surface area contributed by atoms with Crippen LogP contribution in [0.2, 0.25) is 0 Å². The fourth-order valence-corrected chi connectivity index (χ4v) is 6.67. The number of methoxy groups -OCH3 is 4. The fraction of sp³-hybridized carbons (Fsp3) is 0.0909. The molecule has 0 aliphatic carbocycles. The smallest absolute Gasteiger partial charge is 0.335 e. The summed E-state index contributed by atoms with van der Waals surface area (Å²) >= 11 is 0. The van der Waals surface area contributed by atoms with Crippen LogP contribution in [0.5, 0.6) is 34.5 Å². The molecule has 8 aromatic rings. The lowest BCUT2D eigenvalue weighted by Gasteiger charge is -2.13. The lowest BCUT2D eigenvalue weighted by molar-refractivity contribution is 0.0696. The van der Waals surface area contributed by atoms with Gasteiger partial charge in [0.15, 0.2) is 0 Å².